The van der Waals surface area contributed by atoms with Crippen LogP contribution in [0.1, 0.15) is 104 Å². The molecule has 1 aliphatic heterocycles. The van der Waals surface area contributed by atoms with Gasteiger partial charge in [0.05, 0.1) is 0 Å². The van der Waals surface area contributed by atoms with Gasteiger partial charge >= 0.3 is 0 Å². The molecule has 0 aromatic rings. The Kier molecular flexibility index (Phi) is 24.3. The first kappa shape index (κ1) is 33.1. The van der Waals surface area contributed by atoms with Gasteiger partial charge in [-0.25, -0.2) is 0 Å². The molecule has 0 aromatic heterocycles. The van der Waals surface area contributed by atoms with Crippen molar-refractivity contribution < 1.29 is 4.79 Å². The molecule has 0 aromatic carbocycles. The highest BCUT2D eigenvalue weighted by Gasteiger charge is 2.10. The zero-order valence-corrected chi connectivity index (χ0v) is 24.9. The summed E-state index contributed by atoms with van der Waals surface area (Å²) >= 11 is 0. The third-order valence-electron chi connectivity index (χ3n) is 6.82. The third-order valence-corrected chi connectivity index (χ3v) is 9.19. The first-order chi connectivity index (χ1) is 17.3. The lowest BCUT2D eigenvalue weighted by Gasteiger charge is -2.26. The second-order valence-electron chi connectivity index (χ2n) is 10.1. The number of rotatable bonds is 25. The van der Waals surface area contributed by atoms with Crippen LogP contribution in [-0.4, -0.2) is 86.1 Å². The molecule has 0 unspecified atom stereocenters. The average Bonchev–Trinajstić information content (AvgIpc) is 2.88. The van der Waals surface area contributed by atoms with Crippen molar-refractivity contribution in [3.63, 3.8) is 0 Å². The smallest absolute Gasteiger partial charge is 0.221 e. The van der Waals surface area contributed by atoms with E-state index >= 15 is 0 Å². The molecule has 0 spiro atoms. The van der Waals surface area contributed by atoms with Crippen LogP contribution in [0.5, 0.6) is 0 Å². The van der Waals surface area contributed by atoms with Crippen LogP contribution in [0.2, 0.25) is 0 Å². The highest BCUT2D eigenvalue weighted by molar-refractivity contribution is 8.76. The summed E-state index contributed by atoms with van der Waals surface area (Å²) in [5.74, 6) is 2.58. The van der Waals surface area contributed by atoms with E-state index in [1.54, 1.807) is 0 Å². The molecule has 2 N–H and O–H groups in total. The maximum atomic E-state index is 12.3. The van der Waals surface area contributed by atoms with Gasteiger partial charge in [-0.05, 0) is 19.4 Å². The van der Waals surface area contributed by atoms with E-state index in [0.717, 1.165) is 57.9 Å². The van der Waals surface area contributed by atoms with E-state index in [4.69, 9.17) is 0 Å². The highest BCUT2D eigenvalue weighted by Crippen LogP contribution is 2.21. The Bertz CT molecular complexity index is 464. The third kappa shape index (κ3) is 21.8. The van der Waals surface area contributed by atoms with Crippen molar-refractivity contribution in [1.82, 2.24) is 20.4 Å². The molecule has 1 saturated heterocycles. The number of amides is 1. The van der Waals surface area contributed by atoms with Crippen LogP contribution < -0.4 is 10.6 Å². The number of hydrogen-bond acceptors (Lipinski definition) is 6. The van der Waals surface area contributed by atoms with Crippen molar-refractivity contribution in [1.29, 1.82) is 0 Å². The number of hydrogen-bond donors (Lipinski definition) is 2. The van der Waals surface area contributed by atoms with Gasteiger partial charge in [0.2, 0.25) is 5.91 Å². The van der Waals surface area contributed by atoms with Gasteiger partial charge in [-0.2, -0.15) is 0 Å². The van der Waals surface area contributed by atoms with Gasteiger partial charge < -0.3 is 15.5 Å². The Hall–Kier alpha value is 0.0500. The molecular formula is C28H58N4OS2. The normalized spacial score (nSPS) is 14.6. The van der Waals surface area contributed by atoms with Crippen LogP contribution in [0.3, 0.4) is 0 Å². The molecule has 0 atom stereocenters. The monoisotopic (exact) mass is 530 g/mol. The molecule has 1 aliphatic rings. The van der Waals surface area contributed by atoms with Crippen molar-refractivity contribution >= 4 is 27.5 Å². The lowest BCUT2D eigenvalue weighted by molar-refractivity contribution is -0.121. The van der Waals surface area contributed by atoms with E-state index < -0.39 is 0 Å². The lowest BCUT2D eigenvalue weighted by Crippen LogP contribution is -2.44. The quantitative estimate of drug-likeness (QED) is 0.108. The number of carbonyl (C=O) groups is 1. The predicted molar refractivity (Wildman–Crippen MR) is 160 cm³/mol. The fraction of sp³-hybridized carbons (Fsp3) is 0.964. The summed E-state index contributed by atoms with van der Waals surface area (Å²) in [6.45, 7) is 14.3. The number of nitrogens with zero attached hydrogens (tertiary/aromatic N) is 2. The van der Waals surface area contributed by atoms with Gasteiger partial charge in [-0.15, -0.1) is 0 Å². The van der Waals surface area contributed by atoms with Crippen molar-refractivity contribution in [2.75, 3.05) is 70.4 Å². The summed E-state index contributed by atoms with van der Waals surface area (Å²) < 4.78 is 0. The Morgan fingerprint density at radius 2 is 1.37 bits per heavy atom. The van der Waals surface area contributed by atoms with Gasteiger partial charge in [0.25, 0.3) is 0 Å². The largest absolute Gasteiger partial charge is 0.356 e. The lowest BCUT2D eigenvalue weighted by atomic mass is 10.1. The number of unbranched alkanes of at least 4 members (excludes halogenated alkanes) is 11. The molecular weight excluding hydrogens is 472 g/mol. The van der Waals surface area contributed by atoms with Crippen molar-refractivity contribution in [2.45, 2.75) is 104 Å². The molecule has 0 radical (unpaired) electrons. The number of carbonyl (C=O) groups excluding carboxylic acids is 1. The van der Waals surface area contributed by atoms with Crippen molar-refractivity contribution in [3.8, 4) is 0 Å². The maximum absolute atomic E-state index is 12.3. The first-order valence-electron chi connectivity index (χ1n) is 14.9. The topological polar surface area (TPSA) is 47.6 Å². The summed E-state index contributed by atoms with van der Waals surface area (Å²) in [6.07, 6.45) is 18.1. The van der Waals surface area contributed by atoms with Gasteiger partial charge in [-0.1, -0.05) is 106 Å². The van der Waals surface area contributed by atoms with Crippen LogP contribution >= 0.6 is 21.6 Å². The van der Waals surface area contributed by atoms with E-state index in [2.05, 4.69) is 34.3 Å². The fourth-order valence-corrected chi connectivity index (χ4v) is 6.63. The van der Waals surface area contributed by atoms with Gasteiger partial charge in [-0.3, -0.25) is 9.69 Å². The van der Waals surface area contributed by atoms with Crippen molar-refractivity contribution in [3.05, 3.63) is 0 Å². The molecule has 0 saturated carbocycles. The van der Waals surface area contributed by atoms with Gasteiger partial charge in [0.1, 0.15) is 0 Å². The number of nitrogens with one attached hydrogen (secondary N) is 2. The van der Waals surface area contributed by atoms with E-state index in [1.165, 1.54) is 96.0 Å². The number of piperazine rings is 1. The summed E-state index contributed by atoms with van der Waals surface area (Å²) in [5.41, 5.74) is 0. The highest BCUT2D eigenvalue weighted by atomic mass is 33.1. The van der Waals surface area contributed by atoms with E-state index in [9.17, 15) is 4.79 Å². The molecule has 1 heterocycles. The van der Waals surface area contributed by atoms with Crippen LogP contribution in [0.15, 0.2) is 0 Å². The Morgan fingerprint density at radius 1 is 0.771 bits per heavy atom. The van der Waals surface area contributed by atoms with Crippen LogP contribution in [0.25, 0.3) is 0 Å². The Balaban J connectivity index is 1.90. The Labute approximate surface area is 226 Å². The summed E-state index contributed by atoms with van der Waals surface area (Å²) in [7, 11) is 4.00. The van der Waals surface area contributed by atoms with Crippen LogP contribution in [0, 0.1) is 0 Å². The van der Waals surface area contributed by atoms with Crippen molar-refractivity contribution in [2.24, 2.45) is 0 Å². The van der Waals surface area contributed by atoms with Gasteiger partial charge in [0, 0.05) is 70.3 Å². The molecule has 1 amide bonds. The molecule has 1 fully saturated rings. The molecule has 35 heavy (non-hydrogen) atoms. The molecule has 5 nitrogen and oxygen atoms in total. The second-order valence-corrected chi connectivity index (χ2v) is 12.8. The van der Waals surface area contributed by atoms with E-state index in [-0.39, 0.29) is 5.91 Å². The van der Waals surface area contributed by atoms with Crippen LogP contribution in [0.4, 0.5) is 0 Å². The average molecular weight is 531 g/mol. The second kappa shape index (κ2) is 25.7. The summed E-state index contributed by atoms with van der Waals surface area (Å²) in [4.78, 5) is 17.3. The fourth-order valence-electron chi connectivity index (χ4n) is 4.58. The molecule has 1 rings (SSSR count). The maximum Gasteiger partial charge on any atom is 0.221 e. The molecule has 0 aliphatic carbocycles. The first-order valence-corrected chi connectivity index (χ1v) is 17.4. The molecule has 7 heteroatoms. The van der Waals surface area contributed by atoms with Gasteiger partial charge in [0.15, 0.2) is 0 Å². The minimum Gasteiger partial charge on any atom is -0.356 e. The van der Waals surface area contributed by atoms with E-state index in [0.29, 0.717) is 6.42 Å². The summed E-state index contributed by atoms with van der Waals surface area (Å²) in [5, 5.41) is 6.56. The minimum absolute atomic E-state index is 0.229. The summed E-state index contributed by atoms with van der Waals surface area (Å²) in [6, 6.07) is 0. The van der Waals surface area contributed by atoms with Crippen LogP contribution in [-0.2, 0) is 4.79 Å². The zero-order chi connectivity index (χ0) is 25.2. The SMILES string of the molecule is CCCCCCCCCCCCCCNC(=O)CCN(CCC)CCSSCCN1CCNCC1. The standard InChI is InChI=1S/C28H58N4OS2/c1-3-5-6-7-8-9-10-11-12-13-14-15-17-30-28(33)16-21-31(20-4-2)24-26-34-35-27-25-32-22-18-29-19-23-32/h29H,3-27H2,1-2H3,(H,30,33). The molecule has 0 bridgehead atoms. The zero-order valence-electron chi connectivity index (χ0n) is 23.3. The minimum atomic E-state index is 0.229. The Morgan fingerprint density at radius 3 is 2.00 bits per heavy atom. The predicted octanol–water partition coefficient (Wildman–Crippen LogP) is 6.19. The molecule has 208 valence electrons. The van der Waals surface area contributed by atoms with E-state index in [1.807, 2.05) is 21.6 Å².